The number of hydrogen-bond acceptors (Lipinski definition) is 3. The molecule has 6 rings (SSSR count). The predicted octanol–water partition coefficient (Wildman–Crippen LogP) is 6.33. The van der Waals surface area contributed by atoms with Crippen molar-refractivity contribution in [3.05, 3.63) is 119 Å². The molecule has 162 valence electrons. The SMILES string of the molecule is c1ccc(CN2C(c3ccccc3)C3=C(NOC3c3ccccc3)C3CCCCC32)cc1. The Morgan fingerprint density at radius 2 is 1.38 bits per heavy atom. The van der Waals surface area contributed by atoms with Crippen LogP contribution in [0.15, 0.2) is 102 Å². The number of nitrogens with zero attached hydrogens (tertiary/aromatic N) is 1. The van der Waals surface area contributed by atoms with Crippen molar-refractivity contribution in [2.24, 2.45) is 5.92 Å². The fourth-order valence-corrected chi connectivity index (χ4v) is 6.07. The molecule has 3 aromatic carbocycles. The summed E-state index contributed by atoms with van der Waals surface area (Å²) < 4.78 is 0. The Kier molecular flexibility index (Phi) is 5.30. The quantitative estimate of drug-likeness (QED) is 0.531. The van der Waals surface area contributed by atoms with Crippen LogP contribution in [-0.2, 0) is 11.4 Å². The highest BCUT2D eigenvalue weighted by Crippen LogP contribution is 2.53. The zero-order valence-electron chi connectivity index (χ0n) is 18.4. The second-order valence-corrected chi connectivity index (χ2v) is 9.31. The molecule has 1 N–H and O–H groups in total. The van der Waals surface area contributed by atoms with Crippen molar-refractivity contribution in [1.82, 2.24) is 10.4 Å². The maximum Gasteiger partial charge on any atom is 0.135 e. The molecule has 3 heteroatoms. The molecule has 2 aliphatic heterocycles. The zero-order chi connectivity index (χ0) is 21.3. The normalized spacial score (nSPS) is 27.5. The molecular formula is C29H30N2O. The minimum Gasteiger partial charge on any atom is -0.285 e. The van der Waals surface area contributed by atoms with Gasteiger partial charge in [-0.15, -0.1) is 0 Å². The summed E-state index contributed by atoms with van der Waals surface area (Å²) in [5, 5.41) is 0. The van der Waals surface area contributed by atoms with Gasteiger partial charge in [0, 0.05) is 29.8 Å². The number of benzene rings is 3. The average Bonchev–Trinajstić information content (AvgIpc) is 3.31. The van der Waals surface area contributed by atoms with Crippen LogP contribution >= 0.6 is 0 Å². The second kappa shape index (κ2) is 8.57. The summed E-state index contributed by atoms with van der Waals surface area (Å²) in [7, 11) is 0. The van der Waals surface area contributed by atoms with Gasteiger partial charge in [-0.3, -0.25) is 15.2 Å². The summed E-state index contributed by atoms with van der Waals surface area (Å²) in [6.45, 7) is 0.958. The van der Waals surface area contributed by atoms with Gasteiger partial charge in [0.2, 0.25) is 0 Å². The molecule has 3 nitrogen and oxygen atoms in total. The second-order valence-electron chi connectivity index (χ2n) is 9.31. The number of nitrogens with one attached hydrogen (secondary N) is 1. The predicted molar refractivity (Wildman–Crippen MR) is 127 cm³/mol. The van der Waals surface area contributed by atoms with E-state index < -0.39 is 0 Å². The maximum atomic E-state index is 6.33. The summed E-state index contributed by atoms with van der Waals surface area (Å²) in [4.78, 5) is 9.11. The molecule has 4 unspecified atom stereocenters. The molecule has 0 aromatic heterocycles. The fourth-order valence-electron chi connectivity index (χ4n) is 6.07. The molecule has 32 heavy (non-hydrogen) atoms. The van der Waals surface area contributed by atoms with Crippen LogP contribution in [0.3, 0.4) is 0 Å². The van der Waals surface area contributed by atoms with Crippen LogP contribution in [0.4, 0.5) is 0 Å². The van der Waals surface area contributed by atoms with Crippen LogP contribution in [0.5, 0.6) is 0 Å². The number of fused-ring (bicyclic) bond motifs is 2. The van der Waals surface area contributed by atoms with E-state index in [1.165, 1.54) is 53.6 Å². The summed E-state index contributed by atoms with van der Waals surface area (Å²) in [5.41, 5.74) is 10.2. The molecule has 4 atom stereocenters. The zero-order valence-corrected chi connectivity index (χ0v) is 18.4. The van der Waals surface area contributed by atoms with Crippen molar-refractivity contribution in [3.8, 4) is 0 Å². The number of hydroxylamine groups is 1. The summed E-state index contributed by atoms with van der Waals surface area (Å²) in [6.07, 6.45) is 5.02. The maximum absolute atomic E-state index is 6.33. The Morgan fingerprint density at radius 3 is 2.09 bits per heavy atom. The third kappa shape index (κ3) is 3.46. The molecule has 1 saturated carbocycles. The Morgan fingerprint density at radius 1 is 0.750 bits per heavy atom. The Hall–Kier alpha value is -2.88. The molecule has 1 aliphatic carbocycles. The lowest BCUT2D eigenvalue weighted by molar-refractivity contribution is 0.0333. The van der Waals surface area contributed by atoms with Crippen LogP contribution in [0.2, 0.25) is 0 Å². The van der Waals surface area contributed by atoms with Crippen molar-refractivity contribution in [2.75, 3.05) is 0 Å². The highest BCUT2D eigenvalue weighted by atomic mass is 16.7. The average molecular weight is 423 g/mol. The molecular weight excluding hydrogens is 392 g/mol. The van der Waals surface area contributed by atoms with Crippen molar-refractivity contribution in [2.45, 2.75) is 50.4 Å². The van der Waals surface area contributed by atoms with E-state index in [9.17, 15) is 0 Å². The van der Waals surface area contributed by atoms with Gasteiger partial charge in [0.1, 0.15) is 6.10 Å². The van der Waals surface area contributed by atoms with E-state index in [-0.39, 0.29) is 12.1 Å². The standard InChI is InChI=1S/C29H30N2O/c1-4-12-21(13-5-1)20-31-25-19-11-10-18-24(25)27-26(28(31)22-14-6-2-7-15-22)29(32-30-27)23-16-8-3-9-17-23/h1-9,12-17,24-25,28-30H,10-11,18-20H2. The van der Waals surface area contributed by atoms with Gasteiger partial charge in [-0.25, -0.2) is 0 Å². The van der Waals surface area contributed by atoms with Gasteiger partial charge in [0.15, 0.2) is 0 Å². The Bertz CT molecular complexity index is 1080. The molecule has 0 spiro atoms. The van der Waals surface area contributed by atoms with E-state index >= 15 is 0 Å². The molecule has 0 amide bonds. The van der Waals surface area contributed by atoms with Gasteiger partial charge in [-0.1, -0.05) is 104 Å². The Balaban J connectivity index is 1.51. The van der Waals surface area contributed by atoms with Gasteiger partial charge in [-0.05, 0) is 29.5 Å². The van der Waals surface area contributed by atoms with E-state index in [4.69, 9.17) is 4.84 Å². The topological polar surface area (TPSA) is 24.5 Å². The largest absolute Gasteiger partial charge is 0.285 e. The van der Waals surface area contributed by atoms with Gasteiger partial charge in [0.05, 0.1) is 6.04 Å². The lowest BCUT2D eigenvalue weighted by Crippen LogP contribution is -2.50. The van der Waals surface area contributed by atoms with Gasteiger partial charge in [-0.2, -0.15) is 0 Å². The molecule has 2 heterocycles. The van der Waals surface area contributed by atoms with E-state index in [2.05, 4.69) is 101 Å². The number of hydrogen-bond donors (Lipinski definition) is 1. The summed E-state index contributed by atoms with van der Waals surface area (Å²) >= 11 is 0. The third-order valence-electron chi connectivity index (χ3n) is 7.46. The lowest BCUT2D eigenvalue weighted by Gasteiger charge is -2.49. The van der Waals surface area contributed by atoms with Crippen LogP contribution in [-0.4, -0.2) is 10.9 Å². The third-order valence-corrected chi connectivity index (χ3v) is 7.46. The summed E-state index contributed by atoms with van der Waals surface area (Å²) in [6, 6.07) is 33.4. The number of rotatable bonds is 4. The molecule has 1 fully saturated rings. The van der Waals surface area contributed by atoms with Gasteiger partial charge < -0.3 is 0 Å². The molecule has 0 saturated heterocycles. The van der Waals surface area contributed by atoms with Crippen LogP contribution in [0.1, 0.15) is 54.5 Å². The van der Waals surface area contributed by atoms with Crippen LogP contribution in [0.25, 0.3) is 0 Å². The van der Waals surface area contributed by atoms with Crippen molar-refractivity contribution >= 4 is 0 Å². The molecule has 3 aromatic rings. The highest BCUT2D eigenvalue weighted by molar-refractivity contribution is 5.43. The lowest BCUT2D eigenvalue weighted by atomic mass is 9.73. The van der Waals surface area contributed by atoms with Crippen molar-refractivity contribution < 1.29 is 4.84 Å². The van der Waals surface area contributed by atoms with Crippen LogP contribution in [0, 0.1) is 5.92 Å². The first kappa shape index (κ1) is 19.8. The van der Waals surface area contributed by atoms with E-state index in [1.54, 1.807) is 0 Å². The van der Waals surface area contributed by atoms with Gasteiger partial charge in [0.25, 0.3) is 0 Å². The Labute approximate surface area is 190 Å². The molecule has 0 radical (unpaired) electrons. The fraction of sp³-hybridized carbons (Fsp3) is 0.310. The molecule has 3 aliphatic rings. The minimum atomic E-state index is -0.0578. The van der Waals surface area contributed by atoms with E-state index in [0.29, 0.717) is 12.0 Å². The monoisotopic (exact) mass is 422 g/mol. The molecule has 0 bridgehead atoms. The van der Waals surface area contributed by atoms with Crippen molar-refractivity contribution in [1.29, 1.82) is 0 Å². The first-order valence-corrected chi connectivity index (χ1v) is 12.0. The highest BCUT2D eigenvalue weighted by Gasteiger charge is 2.49. The van der Waals surface area contributed by atoms with Crippen LogP contribution < -0.4 is 5.48 Å². The van der Waals surface area contributed by atoms with E-state index in [1.807, 2.05) is 0 Å². The first-order chi connectivity index (χ1) is 15.9. The van der Waals surface area contributed by atoms with Crippen molar-refractivity contribution in [3.63, 3.8) is 0 Å². The smallest absolute Gasteiger partial charge is 0.135 e. The van der Waals surface area contributed by atoms with Gasteiger partial charge >= 0.3 is 0 Å². The minimum absolute atomic E-state index is 0.0578. The van der Waals surface area contributed by atoms with E-state index in [0.717, 1.165) is 6.54 Å². The first-order valence-electron chi connectivity index (χ1n) is 12.0. The summed E-state index contributed by atoms with van der Waals surface area (Å²) in [5.74, 6) is 0.510.